The molecule has 0 aromatic carbocycles. The van der Waals surface area contributed by atoms with E-state index in [0.717, 1.165) is 25.6 Å². The van der Waals surface area contributed by atoms with Crippen molar-refractivity contribution in [2.45, 2.75) is 40.2 Å². The zero-order chi connectivity index (χ0) is 12.7. The maximum atomic E-state index is 5.78. The Kier molecular flexibility index (Phi) is 6.70. The Morgan fingerprint density at radius 1 is 1.47 bits per heavy atom. The molecule has 0 amide bonds. The van der Waals surface area contributed by atoms with Crippen LogP contribution in [0.25, 0.3) is 0 Å². The van der Waals surface area contributed by atoms with Gasteiger partial charge in [-0.05, 0) is 44.7 Å². The number of hydrogen-bond acceptors (Lipinski definition) is 4. The fraction of sp³-hybridized carbons (Fsp3) is 0.769. The fourth-order valence-electron chi connectivity index (χ4n) is 1.98. The van der Waals surface area contributed by atoms with Gasteiger partial charge in [-0.1, -0.05) is 13.8 Å². The standard InChI is InChI=1S/C13H25N3S/c1-10(2)6-12(7-14)4-5-15-9-13-16-8-11(3)17-13/h8,10,12,15H,4-7,9,14H2,1-3H3. The van der Waals surface area contributed by atoms with E-state index in [1.165, 1.54) is 22.7 Å². The summed E-state index contributed by atoms with van der Waals surface area (Å²) in [6, 6.07) is 0. The van der Waals surface area contributed by atoms with Crippen molar-refractivity contribution < 1.29 is 0 Å². The van der Waals surface area contributed by atoms with Gasteiger partial charge in [-0.25, -0.2) is 4.98 Å². The molecule has 0 fully saturated rings. The quantitative estimate of drug-likeness (QED) is 0.702. The third-order valence-corrected chi connectivity index (χ3v) is 3.73. The number of thiazole rings is 1. The van der Waals surface area contributed by atoms with Crippen LogP contribution in [0.5, 0.6) is 0 Å². The summed E-state index contributed by atoms with van der Waals surface area (Å²) in [4.78, 5) is 5.61. The SMILES string of the molecule is Cc1cnc(CNCCC(CN)CC(C)C)s1. The van der Waals surface area contributed by atoms with Crippen LogP contribution >= 0.6 is 11.3 Å². The van der Waals surface area contributed by atoms with Crippen molar-refractivity contribution in [3.8, 4) is 0 Å². The molecule has 1 atom stereocenters. The number of nitrogens with one attached hydrogen (secondary N) is 1. The molecule has 1 aromatic rings. The predicted octanol–water partition coefficient (Wildman–Crippen LogP) is 2.55. The molecule has 0 aliphatic rings. The highest BCUT2D eigenvalue weighted by Crippen LogP contribution is 2.14. The lowest BCUT2D eigenvalue weighted by atomic mass is 9.94. The monoisotopic (exact) mass is 255 g/mol. The minimum absolute atomic E-state index is 0.653. The molecule has 1 rings (SSSR count). The predicted molar refractivity (Wildman–Crippen MR) is 75.2 cm³/mol. The van der Waals surface area contributed by atoms with Crippen molar-refractivity contribution in [3.63, 3.8) is 0 Å². The van der Waals surface area contributed by atoms with Crippen molar-refractivity contribution in [1.82, 2.24) is 10.3 Å². The molecule has 0 spiro atoms. The second-order valence-corrected chi connectivity index (χ2v) is 6.38. The number of nitrogens with zero attached hydrogens (tertiary/aromatic N) is 1. The van der Waals surface area contributed by atoms with Crippen LogP contribution in [0.3, 0.4) is 0 Å². The summed E-state index contributed by atoms with van der Waals surface area (Å²) in [6.45, 7) is 9.33. The molecule has 0 aliphatic carbocycles. The van der Waals surface area contributed by atoms with Crippen LogP contribution in [0.15, 0.2) is 6.20 Å². The van der Waals surface area contributed by atoms with Crippen molar-refractivity contribution in [1.29, 1.82) is 0 Å². The molecule has 0 saturated heterocycles. The summed E-state index contributed by atoms with van der Waals surface area (Å²) >= 11 is 1.76. The molecule has 1 aromatic heterocycles. The first-order chi connectivity index (χ1) is 8.11. The Balaban J connectivity index is 2.14. The summed E-state index contributed by atoms with van der Waals surface area (Å²) in [5.74, 6) is 1.39. The van der Waals surface area contributed by atoms with Crippen molar-refractivity contribution in [2.24, 2.45) is 17.6 Å². The smallest absolute Gasteiger partial charge is 0.107 e. The molecule has 3 N–H and O–H groups in total. The third-order valence-electron chi connectivity index (χ3n) is 2.81. The lowest BCUT2D eigenvalue weighted by Gasteiger charge is -2.16. The first-order valence-corrected chi connectivity index (χ1v) is 7.25. The van der Waals surface area contributed by atoms with Gasteiger partial charge in [-0.2, -0.15) is 0 Å². The molecular weight excluding hydrogens is 230 g/mol. The molecule has 0 bridgehead atoms. The van der Waals surface area contributed by atoms with Crippen LogP contribution in [-0.2, 0) is 6.54 Å². The summed E-state index contributed by atoms with van der Waals surface area (Å²) in [7, 11) is 0. The van der Waals surface area contributed by atoms with Crippen LogP contribution < -0.4 is 11.1 Å². The average Bonchev–Trinajstić information content (AvgIpc) is 2.68. The maximum absolute atomic E-state index is 5.78. The van der Waals surface area contributed by atoms with E-state index in [1.54, 1.807) is 11.3 Å². The Labute approximate surface area is 109 Å². The van der Waals surface area contributed by atoms with Crippen LogP contribution in [-0.4, -0.2) is 18.1 Å². The van der Waals surface area contributed by atoms with Crippen LogP contribution in [0.4, 0.5) is 0 Å². The number of aromatic nitrogens is 1. The number of rotatable bonds is 8. The molecule has 4 heteroatoms. The fourth-order valence-corrected chi connectivity index (χ4v) is 2.74. The molecule has 98 valence electrons. The zero-order valence-electron chi connectivity index (χ0n) is 11.2. The highest BCUT2D eigenvalue weighted by Gasteiger charge is 2.08. The van der Waals surface area contributed by atoms with Gasteiger partial charge in [0.15, 0.2) is 0 Å². The first-order valence-electron chi connectivity index (χ1n) is 6.44. The second kappa shape index (κ2) is 7.80. The van der Waals surface area contributed by atoms with E-state index in [-0.39, 0.29) is 0 Å². The van der Waals surface area contributed by atoms with Crippen molar-refractivity contribution in [3.05, 3.63) is 16.1 Å². The molecule has 1 unspecified atom stereocenters. The van der Waals surface area contributed by atoms with E-state index in [2.05, 4.69) is 31.1 Å². The second-order valence-electron chi connectivity index (χ2n) is 5.06. The van der Waals surface area contributed by atoms with Gasteiger partial charge in [-0.15, -0.1) is 11.3 Å². The highest BCUT2D eigenvalue weighted by molar-refractivity contribution is 7.11. The topological polar surface area (TPSA) is 50.9 Å². The van der Waals surface area contributed by atoms with Crippen LogP contribution in [0, 0.1) is 18.8 Å². The van der Waals surface area contributed by atoms with Gasteiger partial charge in [0.25, 0.3) is 0 Å². The van der Waals surface area contributed by atoms with E-state index >= 15 is 0 Å². The van der Waals surface area contributed by atoms with E-state index in [9.17, 15) is 0 Å². The lowest BCUT2D eigenvalue weighted by Crippen LogP contribution is -2.23. The van der Waals surface area contributed by atoms with E-state index in [4.69, 9.17) is 5.73 Å². The van der Waals surface area contributed by atoms with Crippen LogP contribution in [0.1, 0.15) is 36.6 Å². The third kappa shape index (κ3) is 6.15. The summed E-state index contributed by atoms with van der Waals surface area (Å²) in [5.41, 5.74) is 5.78. The van der Waals surface area contributed by atoms with Gasteiger partial charge in [0.1, 0.15) is 5.01 Å². The average molecular weight is 255 g/mol. The lowest BCUT2D eigenvalue weighted by molar-refractivity contribution is 0.385. The van der Waals surface area contributed by atoms with E-state index < -0.39 is 0 Å². The summed E-state index contributed by atoms with van der Waals surface area (Å²) in [6.07, 6.45) is 4.33. The van der Waals surface area contributed by atoms with Gasteiger partial charge in [-0.3, -0.25) is 0 Å². The van der Waals surface area contributed by atoms with Gasteiger partial charge in [0.05, 0.1) is 0 Å². The molecule has 17 heavy (non-hydrogen) atoms. The van der Waals surface area contributed by atoms with Gasteiger partial charge in [0.2, 0.25) is 0 Å². The normalized spacial score (nSPS) is 13.2. The van der Waals surface area contributed by atoms with E-state index in [1.807, 2.05) is 6.20 Å². The summed E-state index contributed by atoms with van der Waals surface area (Å²) < 4.78 is 0. The van der Waals surface area contributed by atoms with Crippen molar-refractivity contribution >= 4 is 11.3 Å². The van der Waals surface area contributed by atoms with Gasteiger partial charge < -0.3 is 11.1 Å². The maximum Gasteiger partial charge on any atom is 0.107 e. The van der Waals surface area contributed by atoms with E-state index in [0.29, 0.717) is 5.92 Å². The molecular formula is C13H25N3S. The molecule has 3 nitrogen and oxygen atoms in total. The molecule has 0 saturated carbocycles. The number of nitrogens with two attached hydrogens (primary N) is 1. The molecule has 0 radical (unpaired) electrons. The molecule has 0 aliphatic heterocycles. The van der Waals surface area contributed by atoms with Gasteiger partial charge in [0, 0.05) is 17.6 Å². The van der Waals surface area contributed by atoms with Crippen molar-refractivity contribution in [2.75, 3.05) is 13.1 Å². The number of hydrogen-bond donors (Lipinski definition) is 2. The van der Waals surface area contributed by atoms with Gasteiger partial charge >= 0.3 is 0 Å². The summed E-state index contributed by atoms with van der Waals surface area (Å²) in [5, 5.41) is 4.62. The minimum Gasteiger partial charge on any atom is -0.330 e. The number of aryl methyl sites for hydroxylation is 1. The van der Waals surface area contributed by atoms with Crippen LogP contribution in [0.2, 0.25) is 0 Å². The Bertz CT molecular complexity index is 309. The highest BCUT2D eigenvalue weighted by atomic mass is 32.1. The zero-order valence-corrected chi connectivity index (χ0v) is 12.0. The first kappa shape index (κ1) is 14.6. The minimum atomic E-state index is 0.653. The molecule has 1 heterocycles. The Morgan fingerprint density at radius 3 is 2.76 bits per heavy atom. The Hall–Kier alpha value is -0.450. The Morgan fingerprint density at radius 2 is 2.24 bits per heavy atom. The largest absolute Gasteiger partial charge is 0.330 e.